The van der Waals surface area contributed by atoms with Crippen LogP contribution in [-0.2, 0) is 0 Å². The summed E-state index contributed by atoms with van der Waals surface area (Å²) in [5, 5.41) is 0. The van der Waals surface area contributed by atoms with Crippen LogP contribution in [0.4, 0.5) is 13.2 Å². The second-order valence-corrected chi connectivity index (χ2v) is 3.99. The van der Waals surface area contributed by atoms with Crippen molar-refractivity contribution in [3.63, 3.8) is 0 Å². The number of benzene rings is 1. The van der Waals surface area contributed by atoms with Gasteiger partial charge in [-0.15, -0.1) is 0 Å². The van der Waals surface area contributed by atoms with E-state index in [1.165, 1.54) is 0 Å². The molecule has 0 fully saturated rings. The normalized spacial score (nSPS) is 13.3. The smallest absolute Gasteiger partial charge is 0.166 e. The first kappa shape index (κ1) is 12.0. The van der Waals surface area contributed by atoms with Gasteiger partial charge in [-0.05, 0) is 24.5 Å². The summed E-state index contributed by atoms with van der Waals surface area (Å²) in [6.45, 7) is 3.77. The minimum Gasteiger partial charge on any atom is -0.324 e. The molecule has 1 nitrogen and oxygen atoms in total. The molecule has 1 atom stereocenters. The van der Waals surface area contributed by atoms with Crippen molar-refractivity contribution in [3.8, 4) is 0 Å². The fourth-order valence-corrected chi connectivity index (χ4v) is 1.51. The Balaban J connectivity index is 3.07. The number of hydrogen-bond donors (Lipinski definition) is 1. The first-order valence-corrected chi connectivity index (χ1v) is 4.82. The van der Waals surface area contributed by atoms with Gasteiger partial charge in [0.15, 0.2) is 11.6 Å². The standard InChI is InChI=1S/C11H14F3N/c1-6(2)5-9(15)10-7(12)3-4-8(13)11(10)14/h3-4,6,9H,5,15H2,1-2H3/t9-/m0/s1. The van der Waals surface area contributed by atoms with E-state index in [-0.39, 0.29) is 11.5 Å². The van der Waals surface area contributed by atoms with Crippen molar-refractivity contribution < 1.29 is 13.2 Å². The van der Waals surface area contributed by atoms with Crippen molar-refractivity contribution in [2.75, 3.05) is 0 Å². The van der Waals surface area contributed by atoms with E-state index in [1.54, 1.807) is 0 Å². The number of rotatable bonds is 3. The Morgan fingerprint density at radius 3 is 2.20 bits per heavy atom. The van der Waals surface area contributed by atoms with Crippen LogP contribution >= 0.6 is 0 Å². The molecule has 0 aliphatic carbocycles. The highest BCUT2D eigenvalue weighted by Gasteiger charge is 2.20. The maximum atomic E-state index is 13.3. The van der Waals surface area contributed by atoms with Gasteiger partial charge >= 0.3 is 0 Å². The summed E-state index contributed by atoms with van der Waals surface area (Å²) in [6, 6.07) is 0.852. The molecule has 0 radical (unpaired) electrons. The Hall–Kier alpha value is -1.03. The fourth-order valence-electron chi connectivity index (χ4n) is 1.51. The zero-order valence-corrected chi connectivity index (χ0v) is 8.73. The van der Waals surface area contributed by atoms with E-state index in [4.69, 9.17) is 5.73 Å². The van der Waals surface area contributed by atoms with E-state index in [0.717, 1.165) is 12.1 Å². The van der Waals surface area contributed by atoms with Crippen molar-refractivity contribution in [1.82, 2.24) is 0 Å². The second kappa shape index (κ2) is 4.66. The summed E-state index contributed by atoms with van der Waals surface area (Å²) in [4.78, 5) is 0. The van der Waals surface area contributed by atoms with E-state index in [2.05, 4.69) is 0 Å². The number of hydrogen-bond acceptors (Lipinski definition) is 1. The highest BCUT2D eigenvalue weighted by Crippen LogP contribution is 2.25. The molecule has 1 rings (SSSR count). The Morgan fingerprint density at radius 2 is 1.67 bits per heavy atom. The molecule has 0 amide bonds. The highest BCUT2D eigenvalue weighted by atomic mass is 19.2. The third-order valence-corrected chi connectivity index (χ3v) is 2.18. The van der Waals surface area contributed by atoms with Crippen LogP contribution in [0, 0.1) is 23.4 Å². The van der Waals surface area contributed by atoms with Gasteiger partial charge in [-0.3, -0.25) is 0 Å². The quantitative estimate of drug-likeness (QED) is 0.773. The number of halogens is 3. The van der Waals surface area contributed by atoms with Gasteiger partial charge in [0, 0.05) is 11.6 Å². The van der Waals surface area contributed by atoms with Crippen LogP contribution in [0.2, 0.25) is 0 Å². The molecule has 0 aliphatic heterocycles. The molecule has 0 spiro atoms. The maximum Gasteiger partial charge on any atom is 0.166 e. The van der Waals surface area contributed by atoms with E-state index >= 15 is 0 Å². The molecular weight excluding hydrogens is 203 g/mol. The lowest BCUT2D eigenvalue weighted by atomic mass is 9.97. The molecular formula is C11H14F3N. The van der Waals surface area contributed by atoms with E-state index < -0.39 is 23.5 Å². The zero-order valence-electron chi connectivity index (χ0n) is 8.73. The van der Waals surface area contributed by atoms with Crippen molar-refractivity contribution in [1.29, 1.82) is 0 Å². The van der Waals surface area contributed by atoms with Crippen molar-refractivity contribution in [3.05, 3.63) is 35.1 Å². The SMILES string of the molecule is CC(C)C[C@H](N)c1c(F)ccc(F)c1F. The van der Waals surface area contributed by atoms with Gasteiger partial charge in [-0.25, -0.2) is 13.2 Å². The summed E-state index contributed by atoms with van der Waals surface area (Å²) in [5.41, 5.74) is 5.26. The minimum atomic E-state index is -1.18. The van der Waals surface area contributed by atoms with Gasteiger partial charge in [0.25, 0.3) is 0 Å². The highest BCUT2D eigenvalue weighted by molar-refractivity contribution is 5.24. The van der Waals surface area contributed by atoms with Crippen molar-refractivity contribution >= 4 is 0 Å². The molecule has 4 heteroatoms. The third kappa shape index (κ3) is 2.72. The summed E-state index contributed by atoms with van der Waals surface area (Å²) < 4.78 is 39.4. The average Bonchev–Trinajstić information content (AvgIpc) is 2.11. The lowest BCUT2D eigenvalue weighted by Crippen LogP contribution is -2.17. The molecule has 0 bridgehead atoms. The van der Waals surface area contributed by atoms with E-state index in [0.29, 0.717) is 6.42 Å². The van der Waals surface area contributed by atoms with E-state index in [1.807, 2.05) is 13.8 Å². The predicted octanol–water partition coefficient (Wildman–Crippen LogP) is 3.15. The molecule has 1 aromatic carbocycles. The lowest BCUT2D eigenvalue weighted by Gasteiger charge is -2.16. The Bertz CT molecular complexity index is 350. The average molecular weight is 217 g/mol. The molecule has 2 N–H and O–H groups in total. The van der Waals surface area contributed by atoms with Gasteiger partial charge in [-0.1, -0.05) is 13.8 Å². The van der Waals surface area contributed by atoms with E-state index in [9.17, 15) is 13.2 Å². The zero-order chi connectivity index (χ0) is 11.6. The number of nitrogens with two attached hydrogens (primary N) is 1. The van der Waals surface area contributed by atoms with Crippen LogP contribution in [0.5, 0.6) is 0 Å². The monoisotopic (exact) mass is 217 g/mol. The van der Waals surface area contributed by atoms with Crippen LogP contribution in [0.3, 0.4) is 0 Å². The largest absolute Gasteiger partial charge is 0.324 e. The van der Waals surface area contributed by atoms with Crippen molar-refractivity contribution in [2.45, 2.75) is 26.3 Å². The lowest BCUT2D eigenvalue weighted by molar-refractivity contribution is 0.436. The Kier molecular flexibility index (Phi) is 3.74. The van der Waals surface area contributed by atoms with Crippen LogP contribution < -0.4 is 5.73 Å². The van der Waals surface area contributed by atoms with Crippen LogP contribution in [0.15, 0.2) is 12.1 Å². The summed E-state index contributed by atoms with van der Waals surface area (Å²) in [7, 11) is 0. The summed E-state index contributed by atoms with van der Waals surface area (Å²) in [5.74, 6) is -2.84. The molecule has 15 heavy (non-hydrogen) atoms. The fraction of sp³-hybridized carbons (Fsp3) is 0.455. The van der Waals surface area contributed by atoms with Crippen LogP contribution in [-0.4, -0.2) is 0 Å². The van der Waals surface area contributed by atoms with Gasteiger partial charge in [0.05, 0.1) is 0 Å². The predicted molar refractivity (Wildman–Crippen MR) is 52.7 cm³/mol. The van der Waals surface area contributed by atoms with Gasteiger partial charge in [0.2, 0.25) is 0 Å². The van der Waals surface area contributed by atoms with Gasteiger partial charge in [0.1, 0.15) is 5.82 Å². The third-order valence-electron chi connectivity index (χ3n) is 2.18. The van der Waals surface area contributed by atoms with Gasteiger partial charge in [-0.2, -0.15) is 0 Å². The topological polar surface area (TPSA) is 26.0 Å². The minimum absolute atomic E-state index is 0.196. The molecule has 0 unspecified atom stereocenters. The molecule has 0 aromatic heterocycles. The van der Waals surface area contributed by atoms with Crippen molar-refractivity contribution in [2.24, 2.45) is 11.7 Å². The molecule has 84 valence electrons. The maximum absolute atomic E-state index is 13.3. The molecule has 0 saturated heterocycles. The Morgan fingerprint density at radius 1 is 1.13 bits per heavy atom. The van der Waals surface area contributed by atoms with Crippen LogP contribution in [0.1, 0.15) is 31.9 Å². The Labute approximate surface area is 87.1 Å². The molecule has 0 heterocycles. The molecule has 0 saturated carbocycles. The first-order valence-electron chi connectivity index (χ1n) is 4.82. The summed E-state index contributed by atoms with van der Waals surface area (Å²) in [6.07, 6.45) is 0.414. The summed E-state index contributed by atoms with van der Waals surface area (Å²) >= 11 is 0. The van der Waals surface area contributed by atoms with Gasteiger partial charge < -0.3 is 5.73 Å². The van der Waals surface area contributed by atoms with Crippen LogP contribution in [0.25, 0.3) is 0 Å². The second-order valence-electron chi connectivity index (χ2n) is 3.99. The molecule has 1 aromatic rings. The first-order chi connectivity index (χ1) is 6.93. The molecule has 0 aliphatic rings.